The SMILES string of the molecule is CC1CCCC1Nc1ccc(Cl)cc1N. The van der Waals surface area contributed by atoms with Crippen LogP contribution in [0.25, 0.3) is 0 Å². The minimum Gasteiger partial charge on any atom is -0.397 e. The van der Waals surface area contributed by atoms with Crippen LogP contribution in [-0.4, -0.2) is 6.04 Å². The predicted octanol–water partition coefficient (Wildman–Crippen LogP) is 3.52. The molecule has 0 aromatic heterocycles. The zero-order valence-electron chi connectivity index (χ0n) is 8.96. The van der Waals surface area contributed by atoms with Crippen molar-refractivity contribution in [2.45, 2.75) is 32.2 Å². The van der Waals surface area contributed by atoms with E-state index < -0.39 is 0 Å². The van der Waals surface area contributed by atoms with Crippen molar-refractivity contribution >= 4 is 23.0 Å². The summed E-state index contributed by atoms with van der Waals surface area (Å²) in [7, 11) is 0. The second kappa shape index (κ2) is 4.31. The summed E-state index contributed by atoms with van der Waals surface area (Å²) in [6.07, 6.45) is 3.86. The van der Waals surface area contributed by atoms with E-state index in [2.05, 4.69) is 12.2 Å². The van der Waals surface area contributed by atoms with Crippen molar-refractivity contribution in [2.75, 3.05) is 11.1 Å². The summed E-state index contributed by atoms with van der Waals surface area (Å²) in [5.74, 6) is 0.736. The van der Waals surface area contributed by atoms with Crippen LogP contribution in [0.15, 0.2) is 18.2 Å². The molecule has 0 bridgehead atoms. The van der Waals surface area contributed by atoms with E-state index in [4.69, 9.17) is 17.3 Å². The van der Waals surface area contributed by atoms with Crippen LogP contribution in [-0.2, 0) is 0 Å². The number of hydrogen-bond acceptors (Lipinski definition) is 2. The van der Waals surface area contributed by atoms with Crippen molar-refractivity contribution < 1.29 is 0 Å². The van der Waals surface area contributed by atoms with Crippen LogP contribution >= 0.6 is 11.6 Å². The second-order valence-electron chi connectivity index (χ2n) is 4.39. The van der Waals surface area contributed by atoms with E-state index in [1.54, 1.807) is 6.07 Å². The molecule has 15 heavy (non-hydrogen) atoms. The minimum absolute atomic E-state index is 0.563. The number of nitrogens with two attached hydrogens (primary N) is 1. The van der Waals surface area contributed by atoms with Gasteiger partial charge in [0.05, 0.1) is 11.4 Å². The van der Waals surface area contributed by atoms with Gasteiger partial charge in [-0.2, -0.15) is 0 Å². The normalized spacial score (nSPS) is 25.5. The Morgan fingerprint density at radius 1 is 1.40 bits per heavy atom. The first-order chi connectivity index (χ1) is 7.16. The third kappa shape index (κ3) is 2.37. The molecule has 1 aromatic rings. The van der Waals surface area contributed by atoms with Crippen LogP contribution in [0.1, 0.15) is 26.2 Å². The Balaban J connectivity index is 2.10. The maximum absolute atomic E-state index is 5.90. The Hall–Kier alpha value is -0.890. The predicted molar refractivity (Wildman–Crippen MR) is 66.3 cm³/mol. The zero-order chi connectivity index (χ0) is 10.8. The van der Waals surface area contributed by atoms with Crippen molar-refractivity contribution in [1.29, 1.82) is 0 Å². The van der Waals surface area contributed by atoms with Crippen molar-refractivity contribution in [3.8, 4) is 0 Å². The van der Waals surface area contributed by atoms with Gasteiger partial charge in [0, 0.05) is 11.1 Å². The maximum atomic E-state index is 5.90. The van der Waals surface area contributed by atoms with Crippen LogP contribution in [0, 0.1) is 5.92 Å². The number of rotatable bonds is 2. The molecule has 0 radical (unpaired) electrons. The van der Waals surface area contributed by atoms with E-state index in [1.807, 2.05) is 12.1 Å². The lowest BCUT2D eigenvalue weighted by Crippen LogP contribution is -2.22. The van der Waals surface area contributed by atoms with E-state index >= 15 is 0 Å². The van der Waals surface area contributed by atoms with Gasteiger partial charge < -0.3 is 11.1 Å². The molecule has 0 saturated heterocycles. The van der Waals surface area contributed by atoms with E-state index in [-0.39, 0.29) is 0 Å². The fourth-order valence-electron chi connectivity index (χ4n) is 2.22. The monoisotopic (exact) mass is 224 g/mol. The molecule has 0 aliphatic heterocycles. The summed E-state index contributed by atoms with van der Waals surface area (Å²) in [4.78, 5) is 0. The van der Waals surface area contributed by atoms with Gasteiger partial charge in [-0.15, -0.1) is 0 Å². The van der Waals surface area contributed by atoms with Crippen LogP contribution in [0.5, 0.6) is 0 Å². The minimum atomic E-state index is 0.563. The number of nitrogens with one attached hydrogen (secondary N) is 1. The molecule has 2 nitrogen and oxygen atoms in total. The third-order valence-electron chi connectivity index (χ3n) is 3.22. The van der Waals surface area contributed by atoms with Crippen molar-refractivity contribution in [1.82, 2.24) is 0 Å². The zero-order valence-corrected chi connectivity index (χ0v) is 9.72. The van der Waals surface area contributed by atoms with Gasteiger partial charge in [-0.05, 0) is 37.0 Å². The molecular formula is C12H17ClN2. The quantitative estimate of drug-likeness (QED) is 0.755. The number of nitrogen functional groups attached to an aromatic ring is 1. The first-order valence-electron chi connectivity index (χ1n) is 5.48. The smallest absolute Gasteiger partial charge is 0.0577 e. The Kier molecular flexibility index (Phi) is 3.06. The van der Waals surface area contributed by atoms with Gasteiger partial charge in [0.2, 0.25) is 0 Å². The van der Waals surface area contributed by atoms with Crippen molar-refractivity contribution in [2.24, 2.45) is 5.92 Å². The Morgan fingerprint density at radius 2 is 2.20 bits per heavy atom. The molecule has 3 N–H and O–H groups in total. The van der Waals surface area contributed by atoms with Gasteiger partial charge in [0.15, 0.2) is 0 Å². The molecule has 82 valence electrons. The lowest BCUT2D eigenvalue weighted by atomic mass is 10.1. The van der Waals surface area contributed by atoms with Gasteiger partial charge in [-0.25, -0.2) is 0 Å². The van der Waals surface area contributed by atoms with E-state index in [0.29, 0.717) is 11.1 Å². The van der Waals surface area contributed by atoms with Crippen molar-refractivity contribution in [3.63, 3.8) is 0 Å². The molecule has 1 aliphatic carbocycles. The fraction of sp³-hybridized carbons (Fsp3) is 0.500. The molecule has 2 unspecified atom stereocenters. The highest BCUT2D eigenvalue weighted by atomic mass is 35.5. The molecular weight excluding hydrogens is 208 g/mol. The fourth-order valence-corrected chi connectivity index (χ4v) is 2.41. The Bertz CT molecular complexity index is 351. The highest BCUT2D eigenvalue weighted by Crippen LogP contribution is 2.30. The van der Waals surface area contributed by atoms with Crippen LogP contribution < -0.4 is 11.1 Å². The first kappa shape index (κ1) is 10.6. The first-order valence-corrected chi connectivity index (χ1v) is 5.86. The summed E-state index contributed by atoms with van der Waals surface area (Å²) >= 11 is 5.85. The highest BCUT2D eigenvalue weighted by Gasteiger charge is 2.23. The van der Waals surface area contributed by atoms with Crippen LogP contribution in [0.4, 0.5) is 11.4 Å². The Morgan fingerprint density at radius 3 is 2.80 bits per heavy atom. The summed E-state index contributed by atoms with van der Waals surface area (Å²) in [6, 6.07) is 6.19. The molecule has 3 heteroatoms. The highest BCUT2D eigenvalue weighted by molar-refractivity contribution is 6.31. The third-order valence-corrected chi connectivity index (χ3v) is 3.45. The van der Waals surface area contributed by atoms with Crippen molar-refractivity contribution in [3.05, 3.63) is 23.2 Å². The summed E-state index contributed by atoms with van der Waals surface area (Å²) in [5.41, 5.74) is 7.65. The average molecular weight is 225 g/mol. The molecule has 1 fully saturated rings. The Labute approximate surface area is 95.8 Å². The summed E-state index contributed by atoms with van der Waals surface area (Å²) < 4.78 is 0. The second-order valence-corrected chi connectivity index (χ2v) is 4.83. The van der Waals surface area contributed by atoms with Gasteiger partial charge in [0.1, 0.15) is 0 Å². The number of anilines is 2. The van der Waals surface area contributed by atoms with Gasteiger partial charge in [-0.3, -0.25) is 0 Å². The maximum Gasteiger partial charge on any atom is 0.0577 e. The van der Waals surface area contributed by atoms with E-state index in [1.165, 1.54) is 19.3 Å². The average Bonchev–Trinajstić information content (AvgIpc) is 2.57. The molecule has 0 amide bonds. The molecule has 2 rings (SSSR count). The number of benzene rings is 1. The summed E-state index contributed by atoms with van der Waals surface area (Å²) in [5, 5.41) is 4.19. The largest absolute Gasteiger partial charge is 0.397 e. The molecule has 1 aromatic carbocycles. The van der Waals surface area contributed by atoms with Crippen LogP contribution in [0.3, 0.4) is 0 Å². The van der Waals surface area contributed by atoms with E-state index in [0.717, 1.165) is 17.3 Å². The van der Waals surface area contributed by atoms with Gasteiger partial charge >= 0.3 is 0 Å². The van der Waals surface area contributed by atoms with Gasteiger partial charge in [-0.1, -0.05) is 24.9 Å². The molecule has 0 spiro atoms. The van der Waals surface area contributed by atoms with E-state index in [9.17, 15) is 0 Å². The lowest BCUT2D eigenvalue weighted by molar-refractivity contribution is 0.556. The van der Waals surface area contributed by atoms with Gasteiger partial charge in [0.25, 0.3) is 0 Å². The lowest BCUT2D eigenvalue weighted by Gasteiger charge is -2.19. The molecule has 0 heterocycles. The number of halogens is 1. The molecule has 2 atom stereocenters. The topological polar surface area (TPSA) is 38.0 Å². The summed E-state index contributed by atoms with van der Waals surface area (Å²) in [6.45, 7) is 2.29. The van der Waals surface area contributed by atoms with Crippen LogP contribution in [0.2, 0.25) is 5.02 Å². The number of hydrogen-bond donors (Lipinski definition) is 2. The standard InChI is InChI=1S/C12H17ClN2/c1-8-3-2-4-11(8)15-12-6-5-9(13)7-10(12)14/h5-8,11,15H,2-4,14H2,1H3. The molecule has 1 aliphatic rings. The molecule has 1 saturated carbocycles.